The Balaban J connectivity index is 1.48. The molecule has 1 saturated heterocycles. The van der Waals surface area contributed by atoms with Crippen LogP contribution in [0.15, 0.2) is 24.5 Å². The van der Waals surface area contributed by atoms with Crippen LogP contribution in [0.4, 0.5) is 10.2 Å². The van der Waals surface area contributed by atoms with Gasteiger partial charge in [0.15, 0.2) is 11.6 Å². The number of aryl methyl sites for hydroxylation is 1. The van der Waals surface area contributed by atoms with Gasteiger partial charge in [-0.3, -0.25) is 4.79 Å². The van der Waals surface area contributed by atoms with Crippen LogP contribution in [-0.4, -0.2) is 66.7 Å². The van der Waals surface area contributed by atoms with E-state index in [4.69, 9.17) is 4.74 Å². The highest BCUT2D eigenvalue weighted by atomic mass is 19.1. The standard InChI is InChI=1S/C25H34FN5O2/c1-16(2)27-14-19(18-6-8-22(33-4)20(26)13-18)25(32)31-11-9-30(10-12-31)24-23-17(3)5-7-21(23)28-15-29-24/h6,8,13,15-17,19,27H,5,7,9-12,14H2,1-4H3/t17-,19-/m1/s1. The van der Waals surface area contributed by atoms with Crippen LogP contribution in [0.5, 0.6) is 5.75 Å². The number of fused-ring (bicyclic) bond motifs is 1. The molecular formula is C25H34FN5O2. The fourth-order valence-electron chi connectivity index (χ4n) is 4.83. The van der Waals surface area contributed by atoms with Gasteiger partial charge < -0.3 is 19.9 Å². The molecule has 1 aromatic heterocycles. The van der Waals surface area contributed by atoms with E-state index in [9.17, 15) is 9.18 Å². The summed E-state index contributed by atoms with van der Waals surface area (Å²) in [7, 11) is 1.44. The Hall–Kier alpha value is -2.74. The van der Waals surface area contributed by atoms with Crippen molar-refractivity contribution in [1.29, 1.82) is 0 Å². The molecule has 33 heavy (non-hydrogen) atoms. The molecule has 1 aliphatic carbocycles. The highest BCUT2D eigenvalue weighted by Gasteiger charge is 2.32. The number of rotatable bonds is 7. The predicted molar refractivity (Wildman–Crippen MR) is 126 cm³/mol. The zero-order chi connectivity index (χ0) is 23.5. The first-order chi connectivity index (χ1) is 15.9. The van der Waals surface area contributed by atoms with Crippen molar-refractivity contribution in [3.05, 3.63) is 47.2 Å². The first kappa shape index (κ1) is 23.4. The highest BCUT2D eigenvalue weighted by Crippen LogP contribution is 2.37. The number of hydrogen-bond acceptors (Lipinski definition) is 6. The third kappa shape index (κ3) is 4.95. The number of hydrogen-bond donors (Lipinski definition) is 1. The van der Waals surface area contributed by atoms with Crippen LogP contribution < -0.4 is 15.0 Å². The Morgan fingerprint density at radius 3 is 2.67 bits per heavy atom. The summed E-state index contributed by atoms with van der Waals surface area (Å²) < 4.78 is 19.5. The van der Waals surface area contributed by atoms with Crippen molar-refractivity contribution in [2.45, 2.75) is 51.5 Å². The maximum Gasteiger partial charge on any atom is 0.231 e. The molecule has 2 heterocycles. The number of benzene rings is 1. The van der Waals surface area contributed by atoms with Crippen molar-refractivity contribution >= 4 is 11.7 Å². The van der Waals surface area contributed by atoms with E-state index in [2.05, 4.69) is 27.1 Å². The van der Waals surface area contributed by atoms with E-state index in [0.717, 1.165) is 37.4 Å². The van der Waals surface area contributed by atoms with Crippen molar-refractivity contribution in [3.8, 4) is 5.75 Å². The molecule has 7 nitrogen and oxygen atoms in total. The molecule has 1 N–H and O–H groups in total. The molecule has 0 saturated carbocycles. The van der Waals surface area contributed by atoms with E-state index in [-0.39, 0.29) is 17.7 Å². The molecule has 0 radical (unpaired) electrons. The lowest BCUT2D eigenvalue weighted by Crippen LogP contribution is -2.51. The Morgan fingerprint density at radius 1 is 1.24 bits per heavy atom. The lowest BCUT2D eigenvalue weighted by molar-refractivity contribution is -0.133. The third-order valence-electron chi connectivity index (χ3n) is 6.75. The number of nitrogens with one attached hydrogen (secondary N) is 1. The van der Waals surface area contributed by atoms with Crippen LogP contribution in [0.1, 0.15) is 55.8 Å². The zero-order valence-electron chi connectivity index (χ0n) is 20.0. The van der Waals surface area contributed by atoms with Gasteiger partial charge in [-0.1, -0.05) is 26.8 Å². The Kier molecular flexibility index (Phi) is 7.12. The molecule has 2 aromatic rings. The summed E-state index contributed by atoms with van der Waals surface area (Å²) in [4.78, 5) is 26.8. The molecule has 0 unspecified atom stereocenters. The summed E-state index contributed by atoms with van der Waals surface area (Å²) in [6.45, 7) is 9.45. The normalized spacial score (nSPS) is 19.0. The summed E-state index contributed by atoms with van der Waals surface area (Å²) in [5.74, 6) is 0.784. The van der Waals surface area contributed by atoms with Gasteiger partial charge in [0.2, 0.25) is 5.91 Å². The highest BCUT2D eigenvalue weighted by molar-refractivity contribution is 5.84. The molecule has 0 spiro atoms. The van der Waals surface area contributed by atoms with E-state index in [1.54, 1.807) is 18.5 Å². The van der Waals surface area contributed by atoms with E-state index in [1.807, 2.05) is 18.7 Å². The maximum atomic E-state index is 14.4. The first-order valence-corrected chi connectivity index (χ1v) is 11.8. The average molecular weight is 456 g/mol. The van der Waals surface area contributed by atoms with Crippen molar-refractivity contribution in [2.24, 2.45) is 0 Å². The topological polar surface area (TPSA) is 70.6 Å². The minimum Gasteiger partial charge on any atom is -0.494 e. The molecule has 4 rings (SSSR count). The molecule has 1 aliphatic heterocycles. The fraction of sp³-hybridized carbons (Fsp3) is 0.560. The number of carbonyl (C=O) groups excluding carboxylic acids is 1. The Morgan fingerprint density at radius 2 is 2.00 bits per heavy atom. The van der Waals surface area contributed by atoms with Crippen LogP contribution in [0.25, 0.3) is 0 Å². The second-order valence-electron chi connectivity index (χ2n) is 9.32. The summed E-state index contributed by atoms with van der Waals surface area (Å²) in [5, 5.41) is 3.35. The van der Waals surface area contributed by atoms with Gasteiger partial charge in [-0.15, -0.1) is 0 Å². The van der Waals surface area contributed by atoms with E-state index < -0.39 is 11.7 Å². The van der Waals surface area contributed by atoms with Crippen LogP contribution in [0, 0.1) is 5.82 Å². The SMILES string of the molecule is COc1ccc([C@@H](CNC(C)C)C(=O)N2CCN(c3ncnc4c3[C@H](C)CC4)CC2)cc1F. The summed E-state index contributed by atoms with van der Waals surface area (Å²) in [6, 6.07) is 5.02. The van der Waals surface area contributed by atoms with Gasteiger partial charge in [0, 0.05) is 50.0 Å². The molecule has 178 valence electrons. The Bertz CT molecular complexity index is 991. The number of halogens is 1. The van der Waals surface area contributed by atoms with E-state index in [1.165, 1.54) is 18.7 Å². The number of amides is 1. The van der Waals surface area contributed by atoms with Crippen molar-refractivity contribution < 1.29 is 13.9 Å². The van der Waals surface area contributed by atoms with Gasteiger partial charge in [-0.05, 0) is 36.5 Å². The largest absolute Gasteiger partial charge is 0.494 e. The van der Waals surface area contributed by atoms with Gasteiger partial charge in [-0.2, -0.15) is 0 Å². The molecule has 2 atom stereocenters. The van der Waals surface area contributed by atoms with Crippen LogP contribution in [0.3, 0.4) is 0 Å². The summed E-state index contributed by atoms with van der Waals surface area (Å²) in [5.41, 5.74) is 3.09. The Labute approximate surface area is 195 Å². The van der Waals surface area contributed by atoms with Crippen LogP contribution in [-0.2, 0) is 11.2 Å². The molecule has 0 bridgehead atoms. The summed E-state index contributed by atoms with van der Waals surface area (Å²) >= 11 is 0. The minimum atomic E-state index is -0.456. The lowest BCUT2D eigenvalue weighted by Gasteiger charge is -2.38. The van der Waals surface area contributed by atoms with Crippen LogP contribution in [0.2, 0.25) is 0 Å². The van der Waals surface area contributed by atoms with Gasteiger partial charge >= 0.3 is 0 Å². The number of anilines is 1. The second-order valence-corrected chi connectivity index (χ2v) is 9.32. The lowest BCUT2D eigenvalue weighted by atomic mass is 9.96. The first-order valence-electron chi connectivity index (χ1n) is 11.8. The molecule has 2 aliphatic rings. The molecular weight excluding hydrogens is 421 g/mol. The van der Waals surface area contributed by atoms with E-state index >= 15 is 0 Å². The van der Waals surface area contributed by atoms with Gasteiger partial charge in [0.25, 0.3) is 0 Å². The molecule has 1 aromatic carbocycles. The van der Waals surface area contributed by atoms with Crippen molar-refractivity contribution in [1.82, 2.24) is 20.2 Å². The monoisotopic (exact) mass is 455 g/mol. The molecule has 1 amide bonds. The number of aromatic nitrogens is 2. The minimum absolute atomic E-state index is 0.0219. The molecule has 8 heteroatoms. The molecule has 1 fully saturated rings. The number of piperazine rings is 1. The quantitative estimate of drug-likeness (QED) is 0.692. The van der Waals surface area contributed by atoms with Crippen LogP contribution >= 0.6 is 0 Å². The fourth-order valence-corrected chi connectivity index (χ4v) is 4.83. The number of ether oxygens (including phenoxy) is 1. The van der Waals surface area contributed by atoms with Gasteiger partial charge in [-0.25, -0.2) is 14.4 Å². The number of carbonyl (C=O) groups is 1. The van der Waals surface area contributed by atoms with Gasteiger partial charge in [0.1, 0.15) is 12.1 Å². The zero-order valence-corrected chi connectivity index (χ0v) is 20.0. The number of methoxy groups -OCH3 is 1. The van der Waals surface area contributed by atoms with E-state index in [0.29, 0.717) is 31.1 Å². The summed E-state index contributed by atoms with van der Waals surface area (Å²) in [6.07, 6.45) is 3.78. The van der Waals surface area contributed by atoms with Crippen molar-refractivity contribution in [3.63, 3.8) is 0 Å². The predicted octanol–water partition coefficient (Wildman–Crippen LogP) is 3.10. The third-order valence-corrected chi connectivity index (χ3v) is 6.75. The smallest absolute Gasteiger partial charge is 0.231 e. The van der Waals surface area contributed by atoms with Gasteiger partial charge in [0.05, 0.1) is 13.0 Å². The second kappa shape index (κ2) is 10.0. The maximum absolute atomic E-state index is 14.4. The van der Waals surface area contributed by atoms with Crippen molar-refractivity contribution in [2.75, 3.05) is 44.7 Å². The number of nitrogens with zero attached hydrogens (tertiary/aromatic N) is 4. The average Bonchev–Trinajstić information content (AvgIpc) is 3.20.